The third-order valence-electron chi connectivity index (χ3n) is 9.05. The first-order valence-electron chi connectivity index (χ1n) is 14.7. The number of benzene rings is 2. The zero-order chi connectivity index (χ0) is 28.5. The molecule has 0 amide bonds. The molecule has 212 valence electrons. The van der Waals surface area contributed by atoms with Crippen LogP contribution in [0.1, 0.15) is 101 Å². The average molecular weight is 550 g/mol. The van der Waals surface area contributed by atoms with E-state index in [1.54, 1.807) is 4.68 Å². The van der Waals surface area contributed by atoms with Crippen LogP contribution < -0.4 is 0 Å². The maximum atomic E-state index is 12.9. The van der Waals surface area contributed by atoms with Gasteiger partial charge in [0, 0.05) is 13.0 Å². The summed E-state index contributed by atoms with van der Waals surface area (Å²) in [6.45, 7) is 19.0. The Bertz CT molecular complexity index is 1310. The quantitative estimate of drug-likeness (QED) is 0.183. The largest absolute Gasteiger partial charge is 0.466 e. The molecule has 39 heavy (non-hydrogen) atoms. The highest BCUT2D eigenvalue weighted by Gasteiger charge is 2.45. The third-order valence-corrected chi connectivity index (χ3v) is 15.1. The molecule has 1 atom stereocenters. The molecule has 0 radical (unpaired) electrons. The lowest BCUT2D eigenvalue weighted by Crippen LogP contribution is -2.47. The molecule has 0 saturated carbocycles. The fourth-order valence-electron chi connectivity index (χ4n) is 7.28. The summed E-state index contributed by atoms with van der Waals surface area (Å²) in [6.07, 6.45) is 3.63. The van der Waals surface area contributed by atoms with Crippen molar-refractivity contribution in [2.24, 2.45) is 7.05 Å². The predicted octanol–water partition coefficient (Wildman–Crippen LogP) is 7.54. The zero-order valence-electron chi connectivity index (χ0n) is 25.4. The number of hydrogen-bond acceptors (Lipinski definition) is 5. The van der Waals surface area contributed by atoms with Gasteiger partial charge in [0.25, 0.3) is 0 Å². The van der Waals surface area contributed by atoms with Crippen molar-refractivity contribution >= 4 is 25.3 Å². The van der Waals surface area contributed by atoms with E-state index < -0.39 is 8.32 Å². The molecule has 0 unspecified atom stereocenters. The number of esters is 1. The van der Waals surface area contributed by atoms with E-state index >= 15 is 0 Å². The van der Waals surface area contributed by atoms with E-state index in [0.717, 1.165) is 35.0 Å². The summed E-state index contributed by atoms with van der Waals surface area (Å²) in [6, 6.07) is 8.88. The van der Waals surface area contributed by atoms with Crippen LogP contribution in [0.5, 0.6) is 0 Å². The molecule has 1 heterocycles. The van der Waals surface area contributed by atoms with Crippen LogP contribution in [0, 0.1) is 6.92 Å². The third kappa shape index (κ3) is 5.57. The molecule has 2 aromatic carbocycles. The molecule has 0 aliphatic heterocycles. The molecule has 3 aromatic rings. The van der Waals surface area contributed by atoms with E-state index in [2.05, 4.69) is 83.0 Å². The number of aromatic nitrogens is 3. The Labute approximate surface area is 235 Å². The fraction of sp³-hybridized carbons (Fsp3) is 0.594. The van der Waals surface area contributed by atoms with Gasteiger partial charge in [-0.15, -0.1) is 5.10 Å². The number of carbonyl (C=O) groups is 1. The van der Waals surface area contributed by atoms with Crippen LogP contribution in [0.4, 0.5) is 0 Å². The van der Waals surface area contributed by atoms with Crippen molar-refractivity contribution in [2.45, 2.75) is 110 Å². The van der Waals surface area contributed by atoms with Crippen LogP contribution in [0.25, 0.3) is 11.0 Å². The van der Waals surface area contributed by atoms with Gasteiger partial charge < -0.3 is 9.16 Å². The number of rotatable bonds is 11. The average Bonchev–Trinajstić information content (AvgIpc) is 3.50. The van der Waals surface area contributed by atoms with Gasteiger partial charge in [-0.1, -0.05) is 65.0 Å². The Morgan fingerprint density at radius 2 is 1.74 bits per heavy atom. The maximum Gasteiger partial charge on any atom is 0.306 e. The molecule has 1 aromatic heterocycles. The highest BCUT2D eigenvalue weighted by atomic mass is 28.4. The lowest BCUT2D eigenvalue weighted by atomic mass is 9.83. The monoisotopic (exact) mass is 549 g/mol. The molecule has 0 bridgehead atoms. The minimum atomic E-state index is -2.02. The van der Waals surface area contributed by atoms with Gasteiger partial charge in [-0.25, -0.2) is 4.68 Å². The van der Waals surface area contributed by atoms with Crippen molar-refractivity contribution in [1.29, 1.82) is 0 Å². The van der Waals surface area contributed by atoms with E-state index in [4.69, 9.17) is 9.16 Å². The summed E-state index contributed by atoms with van der Waals surface area (Å²) in [4.78, 5) is 12.9. The Balaban J connectivity index is 1.80. The van der Waals surface area contributed by atoms with Gasteiger partial charge in [0.05, 0.1) is 25.2 Å². The number of nitrogens with zero attached hydrogens (tertiary/aromatic N) is 3. The Morgan fingerprint density at radius 3 is 2.38 bits per heavy atom. The van der Waals surface area contributed by atoms with Gasteiger partial charge in [-0.05, 0) is 89.2 Å². The highest BCUT2D eigenvalue weighted by Crippen LogP contribution is 2.44. The molecular formula is C32H47N3O3Si. The smallest absolute Gasteiger partial charge is 0.306 e. The molecule has 6 nitrogen and oxygen atoms in total. The second-order valence-corrected chi connectivity index (χ2v) is 17.7. The normalized spacial score (nSPS) is 14.6. The van der Waals surface area contributed by atoms with Crippen LogP contribution in [0.2, 0.25) is 16.6 Å². The molecule has 1 aliphatic carbocycles. The summed E-state index contributed by atoms with van der Waals surface area (Å²) in [5.41, 5.74) is 11.0. The van der Waals surface area contributed by atoms with Gasteiger partial charge in [-0.3, -0.25) is 4.79 Å². The SMILES string of the molecule is CCOC(=O)C[C@H](c1cc2c(c(CO[Si](C(C)C)(C(C)C)C(C)C)c1)CCC2)c1ccc2c(nnn2C)c1C. The molecule has 7 heteroatoms. The first-order chi connectivity index (χ1) is 18.5. The molecule has 0 N–H and O–H groups in total. The number of aryl methyl sites for hydroxylation is 3. The van der Waals surface area contributed by atoms with Crippen molar-refractivity contribution in [2.75, 3.05) is 6.61 Å². The maximum absolute atomic E-state index is 12.9. The second-order valence-electron chi connectivity index (χ2n) is 12.2. The number of carbonyl (C=O) groups excluding carboxylic acids is 1. The van der Waals surface area contributed by atoms with E-state index in [1.807, 2.05) is 14.0 Å². The van der Waals surface area contributed by atoms with Crippen LogP contribution in [0.15, 0.2) is 24.3 Å². The number of ether oxygens (including phenoxy) is 1. The van der Waals surface area contributed by atoms with Gasteiger partial charge in [0.15, 0.2) is 0 Å². The number of fused-ring (bicyclic) bond motifs is 2. The highest BCUT2D eigenvalue weighted by molar-refractivity contribution is 6.77. The summed E-state index contributed by atoms with van der Waals surface area (Å²) in [7, 11) is -0.108. The summed E-state index contributed by atoms with van der Waals surface area (Å²) < 4.78 is 14.3. The molecule has 0 saturated heterocycles. The van der Waals surface area contributed by atoms with Crippen LogP contribution in [-0.2, 0) is 40.5 Å². The van der Waals surface area contributed by atoms with E-state index in [0.29, 0.717) is 36.3 Å². The van der Waals surface area contributed by atoms with Crippen LogP contribution in [-0.4, -0.2) is 35.9 Å². The lowest BCUT2D eigenvalue weighted by molar-refractivity contribution is -0.143. The fourth-order valence-corrected chi connectivity index (χ4v) is 12.7. The molecular weight excluding hydrogens is 502 g/mol. The summed E-state index contributed by atoms with van der Waals surface area (Å²) in [5, 5.41) is 8.67. The van der Waals surface area contributed by atoms with Crippen molar-refractivity contribution in [3.8, 4) is 0 Å². The van der Waals surface area contributed by atoms with Gasteiger partial charge >= 0.3 is 5.97 Å². The van der Waals surface area contributed by atoms with Crippen molar-refractivity contribution in [3.05, 3.63) is 57.6 Å². The standard InChI is InChI=1S/C32H47N3O3Si/c1-10-37-31(36)18-29(27-14-15-30-32(23(27)8)33-34-35(30)9)25-16-24-12-11-13-28(24)26(17-25)19-38-39(20(2)3,21(4)5)22(6)7/h14-17,20-22,29H,10-13,18-19H2,1-9H3/t29-/m1/s1. The minimum absolute atomic E-state index is 0.123. The zero-order valence-corrected chi connectivity index (χ0v) is 26.4. The Hall–Kier alpha value is -2.51. The van der Waals surface area contributed by atoms with Crippen molar-refractivity contribution in [1.82, 2.24) is 15.0 Å². The van der Waals surface area contributed by atoms with Crippen molar-refractivity contribution in [3.63, 3.8) is 0 Å². The van der Waals surface area contributed by atoms with Crippen LogP contribution >= 0.6 is 0 Å². The topological polar surface area (TPSA) is 66.2 Å². The second kappa shape index (κ2) is 11.9. The molecule has 4 rings (SSSR count). The van der Waals surface area contributed by atoms with E-state index in [-0.39, 0.29) is 11.9 Å². The Kier molecular flexibility index (Phi) is 9.01. The van der Waals surface area contributed by atoms with Gasteiger partial charge in [0.1, 0.15) is 5.52 Å². The molecule has 1 aliphatic rings. The van der Waals surface area contributed by atoms with E-state index in [1.165, 1.54) is 28.7 Å². The first kappa shape index (κ1) is 29.5. The predicted molar refractivity (Wildman–Crippen MR) is 161 cm³/mol. The minimum Gasteiger partial charge on any atom is -0.466 e. The van der Waals surface area contributed by atoms with Crippen LogP contribution in [0.3, 0.4) is 0 Å². The molecule has 0 fully saturated rings. The first-order valence-corrected chi connectivity index (χ1v) is 16.9. The van der Waals surface area contributed by atoms with Crippen molar-refractivity contribution < 1.29 is 14.0 Å². The summed E-state index contributed by atoms with van der Waals surface area (Å²) in [5.74, 6) is -0.298. The number of hydrogen-bond donors (Lipinski definition) is 0. The lowest BCUT2D eigenvalue weighted by Gasteiger charge is -2.42. The van der Waals surface area contributed by atoms with Gasteiger partial charge in [0.2, 0.25) is 8.32 Å². The summed E-state index contributed by atoms with van der Waals surface area (Å²) >= 11 is 0. The van der Waals surface area contributed by atoms with Gasteiger partial charge in [-0.2, -0.15) is 0 Å². The van der Waals surface area contributed by atoms with E-state index in [9.17, 15) is 4.79 Å². The Morgan fingerprint density at radius 1 is 1.05 bits per heavy atom. The molecule has 0 spiro atoms.